The van der Waals surface area contributed by atoms with Gasteiger partial charge >= 0.3 is 24.2 Å². The van der Waals surface area contributed by atoms with Crippen LogP contribution in [0.4, 0.5) is 9.59 Å². The zero-order valence-electron chi connectivity index (χ0n) is 24.5. The van der Waals surface area contributed by atoms with Crippen LogP contribution in [0.1, 0.15) is 85.6 Å². The Labute approximate surface area is 236 Å². The van der Waals surface area contributed by atoms with Gasteiger partial charge in [-0.2, -0.15) is 0 Å². The molecule has 3 N–H and O–H groups in total. The smallest absolute Gasteiger partial charge is 0.480 e. The molecule has 0 heterocycles. The standard InChI is InChI=1S/C29H45NO10/c1-7-8-9-25(31)38-21(6)17-29(30,26(32)33)18-22-10-11-23(39-27(34)36-14-12-19(2)3)24(16-22)40-28(35)37-15-13-20(4)5/h10-11,16,19-21H,7-9,12-15,17-18,30H2,1-6H3,(H,32,33)/t21-,29?/m0/s1. The minimum Gasteiger partial charge on any atom is -0.480 e. The van der Waals surface area contributed by atoms with E-state index in [-0.39, 0.29) is 44.0 Å². The molecular weight excluding hydrogens is 522 g/mol. The number of carboxylic acids is 1. The molecule has 0 saturated heterocycles. The van der Waals surface area contributed by atoms with Crippen LogP contribution in [0, 0.1) is 11.8 Å². The summed E-state index contributed by atoms with van der Waals surface area (Å²) in [6.45, 7) is 11.7. The average Bonchev–Trinajstić information content (AvgIpc) is 2.83. The predicted octanol–water partition coefficient (Wildman–Crippen LogP) is 5.65. The number of carboxylic acid groups (broad SMARTS) is 1. The molecule has 0 aliphatic rings. The van der Waals surface area contributed by atoms with Crippen LogP contribution in [0.3, 0.4) is 0 Å². The maximum Gasteiger partial charge on any atom is 0.513 e. The van der Waals surface area contributed by atoms with Crippen LogP contribution in [0.25, 0.3) is 0 Å². The van der Waals surface area contributed by atoms with Crippen molar-refractivity contribution in [3.63, 3.8) is 0 Å². The zero-order chi connectivity index (χ0) is 30.3. The summed E-state index contributed by atoms with van der Waals surface area (Å²) >= 11 is 0. The van der Waals surface area contributed by atoms with Gasteiger partial charge < -0.3 is 34.5 Å². The Bertz CT molecular complexity index is 978. The number of ether oxygens (including phenoxy) is 5. The van der Waals surface area contributed by atoms with Crippen LogP contribution in [0.15, 0.2) is 18.2 Å². The van der Waals surface area contributed by atoms with Crippen LogP contribution in [0.5, 0.6) is 11.5 Å². The summed E-state index contributed by atoms with van der Waals surface area (Å²) < 4.78 is 26.1. The molecule has 0 aliphatic heterocycles. The number of unbranched alkanes of at least 4 members (excludes halogenated alkanes) is 1. The second kappa shape index (κ2) is 17.4. The Morgan fingerprint density at radius 2 is 1.45 bits per heavy atom. The molecule has 0 aliphatic carbocycles. The summed E-state index contributed by atoms with van der Waals surface area (Å²) in [5.74, 6) is -1.38. The van der Waals surface area contributed by atoms with Crippen LogP contribution in [0.2, 0.25) is 0 Å². The van der Waals surface area contributed by atoms with Gasteiger partial charge in [0.25, 0.3) is 0 Å². The van der Waals surface area contributed by atoms with Gasteiger partial charge in [-0.1, -0.05) is 47.1 Å². The third-order valence-corrected chi connectivity index (χ3v) is 5.89. The quantitative estimate of drug-likeness (QED) is 0.136. The lowest BCUT2D eigenvalue weighted by atomic mass is 9.86. The van der Waals surface area contributed by atoms with E-state index in [1.807, 2.05) is 34.6 Å². The van der Waals surface area contributed by atoms with Gasteiger partial charge in [0, 0.05) is 19.3 Å². The minimum absolute atomic E-state index is 0.115. The van der Waals surface area contributed by atoms with Crippen molar-refractivity contribution in [3.05, 3.63) is 23.8 Å². The molecule has 0 aromatic heterocycles. The Hall–Kier alpha value is -3.34. The molecule has 1 aromatic carbocycles. The van der Waals surface area contributed by atoms with E-state index < -0.39 is 35.9 Å². The van der Waals surface area contributed by atoms with Crippen LogP contribution in [-0.4, -0.2) is 54.2 Å². The number of hydrogen-bond acceptors (Lipinski definition) is 10. The Kier molecular flexibility index (Phi) is 15.1. The maximum atomic E-state index is 12.3. The van der Waals surface area contributed by atoms with Gasteiger partial charge in [-0.25, -0.2) is 9.59 Å². The number of hydrogen-bond donors (Lipinski definition) is 2. The molecule has 1 aromatic rings. The molecular formula is C29H45NO10. The number of aliphatic carboxylic acids is 1. The number of carbonyl (C=O) groups is 4. The molecule has 1 rings (SSSR count). The first-order valence-electron chi connectivity index (χ1n) is 13.8. The van der Waals surface area contributed by atoms with Crippen molar-refractivity contribution in [2.24, 2.45) is 17.6 Å². The molecule has 1 unspecified atom stereocenters. The fourth-order valence-electron chi connectivity index (χ4n) is 3.58. The fraction of sp³-hybridized carbons (Fsp3) is 0.655. The highest BCUT2D eigenvalue weighted by molar-refractivity contribution is 5.79. The molecule has 0 spiro atoms. The van der Waals surface area contributed by atoms with Crippen LogP contribution in [-0.2, 0) is 30.2 Å². The number of nitrogens with two attached hydrogens (primary N) is 1. The van der Waals surface area contributed by atoms with Crippen molar-refractivity contribution in [1.82, 2.24) is 0 Å². The molecule has 226 valence electrons. The van der Waals surface area contributed by atoms with E-state index in [1.54, 1.807) is 6.92 Å². The molecule has 2 atom stereocenters. The van der Waals surface area contributed by atoms with E-state index in [4.69, 9.17) is 29.4 Å². The van der Waals surface area contributed by atoms with Crippen LogP contribution >= 0.6 is 0 Å². The molecule has 0 amide bonds. The van der Waals surface area contributed by atoms with E-state index in [0.717, 1.165) is 6.42 Å². The lowest BCUT2D eigenvalue weighted by Gasteiger charge is -2.28. The van der Waals surface area contributed by atoms with Gasteiger partial charge in [-0.05, 0) is 55.7 Å². The average molecular weight is 568 g/mol. The predicted molar refractivity (Wildman–Crippen MR) is 147 cm³/mol. The Morgan fingerprint density at radius 1 is 0.900 bits per heavy atom. The van der Waals surface area contributed by atoms with E-state index in [2.05, 4.69) is 0 Å². The van der Waals surface area contributed by atoms with Gasteiger partial charge in [0.2, 0.25) is 0 Å². The number of esters is 1. The lowest BCUT2D eigenvalue weighted by molar-refractivity contribution is -0.153. The number of rotatable bonds is 17. The fourth-order valence-corrected chi connectivity index (χ4v) is 3.58. The number of carbonyl (C=O) groups excluding carboxylic acids is 3. The highest BCUT2D eigenvalue weighted by atomic mass is 16.7. The molecule has 40 heavy (non-hydrogen) atoms. The summed E-state index contributed by atoms with van der Waals surface area (Å²) in [5, 5.41) is 9.91. The third kappa shape index (κ3) is 13.6. The second-order valence-electron chi connectivity index (χ2n) is 10.8. The van der Waals surface area contributed by atoms with E-state index in [9.17, 15) is 24.3 Å². The van der Waals surface area contributed by atoms with Gasteiger partial charge in [-0.15, -0.1) is 0 Å². The molecule has 11 heteroatoms. The monoisotopic (exact) mass is 567 g/mol. The van der Waals surface area contributed by atoms with Gasteiger partial charge in [-0.3, -0.25) is 9.59 Å². The van der Waals surface area contributed by atoms with Crippen molar-refractivity contribution in [1.29, 1.82) is 0 Å². The van der Waals surface area contributed by atoms with Gasteiger partial charge in [0.15, 0.2) is 11.5 Å². The van der Waals surface area contributed by atoms with Crippen LogP contribution < -0.4 is 15.2 Å². The van der Waals surface area contributed by atoms with Crippen molar-refractivity contribution >= 4 is 24.2 Å². The highest BCUT2D eigenvalue weighted by Gasteiger charge is 2.37. The number of benzene rings is 1. The molecule has 0 saturated carbocycles. The minimum atomic E-state index is -1.81. The molecule has 0 bridgehead atoms. The summed E-state index contributed by atoms with van der Waals surface area (Å²) in [6, 6.07) is 4.20. The van der Waals surface area contributed by atoms with Gasteiger partial charge in [0.1, 0.15) is 11.6 Å². The SMILES string of the molecule is CCCCC(=O)O[C@@H](C)CC(N)(Cc1ccc(OC(=O)OCCC(C)C)c(OC(=O)OCCC(C)C)c1)C(=O)O. The molecule has 11 nitrogen and oxygen atoms in total. The first-order chi connectivity index (χ1) is 18.7. The zero-order valence-corrected chi connectivity index (χ0v) is 24.5. The van der Waals surface area contributed by atoms with Crippen molar-refractivity contribution in [2.75, 3.05) is 13.2 Å². The first-order valence-corrected chi connectivity index (χ1v) is 13.8. The van der Waals surface area contributed by atoms with E-state index >= 15 is 0 Å². The van der Waals surface area contributed by atoms with Gasteiger partial charge in [0.05, 0.1) is 13.2 Å². The summed E-state index contributed by atoms with van der Waals surface area (Å²) in [5.41, 5.74) is 4.83. The Morgan fingerprint density at radius 3 is 1.95 bits per heavy atom. The van der Waals surface area contributed by atoms with Crippen molar-refractivity contribution < 1.29 is 48.0 Å². The largest absolute Gasteiger partial charge is 0.513 e. The molecule has 0 radical (unpaired) electrons. The van der Waals surface area contributed by atoms with E-state index in [0.29, 0.717) is 36.7 Å². The van der Waals surface area contributed by atoms with Crippen molar-refractivity contribution in [2.45, 2.75) is 98.1 Å². The highest BCUT2D eigenvalue weighted by Crippen LogP contribution is 2.31. The lowest BCUT2D eigenvalue weighted by Crippen LogP contribution is -2.52. The normalized spacial score (nSPS) is 13.3. The third-order valence-electron chi connectivity index (χ3n) is 5.89. The summed E-state index contributed by atoms with van der Waals surface area (Å²) in [7, 11) is 0. The van der Waals surface area contributed by atoms with E-state index in [1.165, 1.54) is 18.2 Å². The summed E-state index contributed by atoms with van der Waals surface area (Å²) in [4.78, 5) is 48.7. The second-order valence-corrected chi connectivity index (χ2v) is 10.8. The topological polar surface area (TPSA) is 161 Å². The first kappa shape index (κ1) is 34.7. The molecule has 0 fully saturated rings. The Balaban J connectivity index is 3.11. The van der Waals surface area contributed by atoms with Crippen molar-refractivity contribution in [3.8, 4) is 11.5 Å². The maximum absolute atomic E-state index is 12.3. The summed E-state index contributed by atoms with van der Waals surface area (Å²) in [6.07, 6.45) is -0.114.